The summed E-state index contributed by atoms with van der Waals surface area (Å²) < 4.78 is 5.25. The number of aromatic nitrogens is 2. The second-order valence-corrected chi connectivity index (χ2v) is 6.86. The fourth-order valence-electron chi connectivity index (χ4n) is 2.95. The summed E-state index contributed by atoms with van der Waals surface area (Å²) in [6.45, 7) is 0.815. The monoisotopic (exact) mass is 325 g/mol. The molecule has 23 heavy (non-hydrogen) atoms. The maximum atomic E-state index is 5.25. The van der Waals surface area contributed by atoms with Crippen LogP contribution in [-0.4, -0.2) is 17.3 Å². The van der Waals surface area contributed by atoms with Crippen molar-refractivity contribution < 1.29 is 4.74 Å². The third kappa shape index (κ3) is 2.78. The van der Waals surface area contributed by atoms with Gasteiger partial charge in [0.05, 0.1) is 23.9 Å². The summed E-state index contributed by atoms with van der Waals surface area (Å²) in [5.74, 6) is 0.902. The molecule has 3 aromatic rings. The number of hydrogen-bond donors (Lipinski definition) is 2. The molecule has 0 amide bonds. The van der Waals surface area contributed by atoms with Crippen molar-refractivity contribution in [3.63, 3.8) is 0 Å². The molecule has 2 aromatic heterocycles. The highest BCUT2D eigenvalue weighted by molar-refractivity contribution is 7.13. The summed E-state index contributed by atoms with van der Waals surface area (Å²) in [5, 5.41) is 13.2. The first-order valence-electron chi connectivity index (χ1n) is 7.76. The van der Waals surface area contributed by atoms with Gasteiger partial charge in [-0.3, -0.25) is 5.10 Å². The summed E-state index contributed by atoms with van der Waals surface area (Å²) in [4.78, 5) is 1.23. The smallest absolute Gasteiger partial charge is 0.118 e. The van der Waals surface area contributed by atoms with Gasteiger partial charge in [-0.1, -0.05) is 18.2 Å². The van der Waals surface area contributed by atoms with Gasteiger partial charge in [0.2, 0.25) is 0 Å². The number of rotatable bonds is 6. The maximum Gasteiger partial charge on any atom is 0.118 e. The topological polar surface area (TPSA) is 49.9 Å². The van der Waals surface area contributed by atoms with Gasteiger partial charge >= 0.3 is 0 Å². The quantitative estimate of drug-likeness (QED) is 0.722. The summed E-state index contributed by atoms with van der Waals surface area (Å²) in [6.07, 6.45) is 4.27. The van der Waals surface area contributed by atoms with Gasteiger partial charge in [0.15, 0.2) is 0 Å². The normalized spacial score (nSPS) is 15.5. The predicted octanol–water partition coefficient (Wildman–Crippen LogP) is 3.93. The summed E-state index contributed by atoms with van der Waals surface area (Å²) in [5.41, 5.74) is 3.78. The van der Waals surface area contributed by atoms with E-state index in [0.717, 1.165) is 18.0 Å². The first kappa shape index (κ1) is 14.5. The molecular formula is C18H19N3OS. The number of hydrogen-bond acceptors (Lipinski definition) is 4. The van der Waals surface area contributed by atoms with Crippen molar-refractivity contribution in [1.29, 1.82) is 0 Å². The maximum absolute atomic E-state index is 5.25. The lowest BCUT2D eigenvalue weighted by Crippen LogP contribution is -2.28. The van der Waals surface area contributed by atoms with E-state index in [9.17, 15) is 0 Å². The van der Waals surface area contributed by atoms with E-state index in [1.807, 2.05) is 18.3 Å². The van der Waals surface area contributed by atoms with E-state index >= 15 is 0 Å². The zero-order valence-electron chi connectivity index (χ0n) is 13.0. The number of thiophene rings is 1. The number of nitrogens with zero attached hydrogens (tertiary/aromatic N) is 1. The molecule has 1 fully saturated rings. The van der Waals surface area contributed by atoms with E-state index in [4.69, 9.17) is 4.74 Å². The lowest BCUT2D eigenvalue weighted by molar-refractivity contribution is 0.414. The van der Waals surface area contributed by atoms with Crippen molar-refractivity contribution in [1.82, 2.24) is 15.5 Å². The molecule has 2 N–H and O–H groups in total. The minimum absolute atomic E-state index is 0.107. The Bertz CT molecular complexity index is 773. The molecule has 0 bridgehead atoms. The van der Waals surface area contributed by atoms with Crippen LogP contribution in [0.2, 0.25) is 0 Å². The third-order valence-corrected chi connectivity index (χ3v) is 5.38. The summed E-state index contributed by atoms with van der Waals surface area (Å²) >= 11 is 1.73. The molecule has 5 heteroatoms. The molecule has 0 atom stereocenters. The molecule has 0 saturated heterocycles. The number of aromatic amines is 1. The Labute approximate surface area is 139 Å². The van der Waals surface area contributed by atoms with E-state index in [2.05, 4.69) is 45.2 Å². The standard InChI is InChI=1S/C18H19N3OS/c1-22-15-6-4-14(5-7-15)18(8-9-18)19-11-13-12-20-21-17(13)16-3-2-10-23-16/h2-7,10,12,19H,8-9,11H2,1H3,(H,20,21). The molecule has 0 radical (unpaired) electrons. The molecule has 1 aromatic carbocycles. The van der Waals surface area contributed by atoms with E-state index in [1.165, 1.54) is 28.8 Å². The lowest BCUT2D eigenvalue weighted by Gasteiger charge is -2.18. The first-order chi connectivity index (χ1) is 11.3. The van der Waals surface area contributed by atoms with Gasteiger partial charge in [0, 0.05) is 17.6 Å². The Balaban J connectivity index is 1.50. The van der Waals surface area contributed by atoms with Gasteiger partial charge in [-0.25, -0.2) is 0 Å². The van der Waals surface area contributed by atoms with Crippen LogP contribution in [0.15, 0.2) is 48.0 Å². The molecular weight excluding hydrogens is 306 g/mol. The average Bonchev–Trinajstić information content (AvgIpc) is 3.01. The largest absolute Gasteiger partial charge is 0.497 e. The number of ether oxygens (including phenoxy) is 1. The molecule has 0 aliphatic heterocycles. The number of nitrogens with one attached hydrogen (secondary N) is 2. The number of benzene rings is 1. The van der Waals surface area contributed by atoms with Crippen molar-refractivity contribution in [2.75, 3.05) is 7.11 Å². The molecule has 0 unspecified atom stereocenters. The fourth-order valence-corrected chi connectivity index (χ4v) is 3.70. The number of methoxy groups -OCH3 is 1. The Morgan fingerprint density at radius 2 is 2.09 bits per heavy atom. The Hall–Kier alpha value is -2.11. The van der Waals surface area contributed by atoms with E-state index in [0.29, 0.717) is 0 Å². The molecule has 1 aliphatic carbocycles. The van der Waals surface area contributed by atoms with Gasteiger partial charge in [-0.2, -0.15) is 5.10 Å². The fraction of sp³-hybridized carbons (Fsp3) is 0.278. The molecule has 1 aliphatic rings. The van der Waals surface area contributed by atoms with Gasteiger partial charge in [0.25, 0.3) is 0 Å². The Kier molecular flexibility index (Phi) is 3.67. The van der Waals surface area contributed by atoms with Crippen LogP contribution < -0.4 is 10.1 Å². The van der Waals surface area contributed by atoms with Crippen molar-refractivity contribution in [3.8, 4) is 16.3 Å². The molecule has 4 rings (SSSR count). The Morgan fingerprint density at radius 3 is 2.74 bits per heavy atom. The van der Waals surface area contributed by atoms with E-state index in [1.54, 1.807) is 18.4 Å². The van der Waals surface area contributed by atoms with Crippen LogP contribution in [0.1, 0.15) is 24.0 Å². The number of H-pyrrole nitrogens is 1. The van der Waals surface area contributed by atoms with Crippen molar-refractivity contribution in [3.05, 3.63) is 59.1 Å². The highest BCUT2D eigenvalue weighted by Crippen LogP contribution is 2.46. The second-order valence-electron chi connectivity index (χ2n) is 5.91. The zero-order valence-corrected chi connectivity index (χ0v) is 13.8. The van der Waals surface area contributed by atoms with Crippen LogP contribution >= 0.6 is 11.3 Å². The van der Waals surface area contributed by atoms with Gasteiger partial charge < -0.3 is 10.1 Å². The molecule has 1 saturated carbocycles. The van der Waals surface area contributed by atoms with Crippen LogP contribution in [0.4, 0.5) is 0 Å². The van der Waals surface area contributed by atoms with E-state index < -0.39 is 0 Å². The van der Waals surface area contributed by atoms with Crippen molar-refractivity contribution in [2.24, 2.45) is 0 Å². The highest BCUT2D eigenvalue weighted by Gasteiger charge is 2.43. The predicted molar refractivity (Wildman–Crippen MR) is 92.6 cm³/mol. The van der Waals surface area contributed by atoms with Crippen LogP contribution in [-0.2, 0) is 12.1 Å². The van der Waals surface area contributed by atoms with Crippen LogP contribution in [0.3, 0.4) is 0 Å². The SMILES string of the molecule is COc1ccc(C2(NCc3cn[nH]c3-c3cccs3)CC2)cc1. The minimum atomic E-state index is 0.107. The first-order valence-corrected chi connectivity index (χ1v) is 8.64. The van der Waals surface area contributed by atoms with Crippen LogP contribution in [0, 0.1) is 0 Å². The molecule has 4 nitrogen and oxygen atoms in total. The molecule has 118 valence electrons. The second kappa shape index (κ2) is 5.83. The average molecular weight is 325 g/mol. The van der Waals surface area contributed by atoms with Crippen LogP contribution in [0.5, 0.6) is 5.75 Å². The van der Waals surface area contributed by atoms with Gasteiger partial charge in [-0.05, 0) is 42.0 Å². The molecule has 0 spiro atoms. The lowest BCUT2D eigenvalue weighted by atomic mass is 10.0. The Morgan fingerprint density at radius 1 is 1.26 bits per heavy atom. The zero-order chi connectivity index (χ0) is 15.7. The molecule has 2 heterocycles. The van der Waals surface area contributed by atoms with E-state index in [-0.39, 0.29) is 5.54 Å². The summed E-state index contributed by atoms with van der Waals surface area (Å²) in [7, 11) is 1.70. The van der Waals surface area contributed by atoms with Crippen molar-refractivity contribution in [2.45, 2.75) is 24.9 Å². The highest BCUT2D eigenvalue weighted by atomic mass is 32.1. The third-order valence-electron chi connectivity index (χ3n) is 4.50. The summed E-state index contributed by atoms with van der Waals surface area (Å²) in [6, 6.07) is 12.6. The van der Waals surface area contributed by atoms with Gasteiger partial charge in [-0.15, -0.1) is 11.3 Å². The van der Waals surface area contributed by atoms with Gasteiger partial charge in [0.1, 0.15) is 5.75 Å². The van der Waals surface area contributed by atoms with Crippen LogP contribution in [0.25, 0.3) is 10.6 Å². The minimum Gasteiger partial charge on any atom is -0.497 e. The van der Waals surface area contributed by atoms with Crippen molar-refractivity contribution >= 4 is 11.3 Å².